The number of hydrogen-bond acceptors (Lipinski definition) is 5. The molecule has 0 aliphatic carbocycles. The zero-order valence-electron chi connectivity index (χ0n) is 15.4. The quantitative estimate of drug-likeness (QED) is 0.639. The molecule has 28 heavy (non-hydrogen) atoms. The molecule has 1 amide bonds. The third-order valence-corrected chi connectivity index (χ3v) is 5.09. The number of halogens is 1. The molecular weight excluding hydrogens is 379 g/mol. The molecule has 5 nitrogen and oxygen atoms in total. The molecule has 1 atom stereocenters. The van der Waals surface area contributed by atoms with Crippen molar-refractivity contribution in [2.75, 3.05) is 0 Å². The lowest BCUT2D eigenvalue weighted by Gasteiger charge is -2.14. The molecule has 0 unspecified atom stereocenters. The largest absolute Gasteiger partial charge is 0.447 e. The molecule has 0 fully saturated rings. The standard InChI is InChI=1S/C21H19FN2O3S/c1-12-3-8-17(13(2)9-12)21-24-16(11-28-21)10-18(25)27-19(20(23)26)14-4-6-15(22)7-5-14/h3-9,11,19H,10H2,1-2H3,(H2,23,26)/t19-/m0/s1. The zero-order chi connectivity index (χ0) is 20.3. The Kier molecular flexibility index (Phi) is 5.84. The Bertz CT molecular complexity index is 1010. The third-order valence-electron chi connectivity index (χ3n) is 4.17. The minimum Gasteiger partial charge on any atom is -0.447 e. The van der Waals surface area contributed by atoms with E-state index in [1.54, 1.807) is 5.38 Å². The summed E-state index contributed by atoms with van der Waals surface area (Å²) in [7, 11) is 0. The lowest BCUT2D eigenvalue weighted by atomic mass is 10.1. The van der Waals surface area contributed by atoms with Crippen molar-refractivity contribution < 1.29 is 18.7 Å². The van der Waals surface area contributed by atoms with Crippen LogP contribution in [0.1, 0.15) is 28.5 Å². The van der Waals surface area contributed by atoms with E-state index in [-0.39, 0.29) is 6.42 Å². The van der Waals surface area contributed by atoms with Crippen LogP contribution in [-0.4, -0.2) is 16.9 Å². The van der Waals surface area contributed by atoms with Gasteiger partial charge in [0.15, 0.2) is 0 Å². The van der Waals surface area contributed by atoms with Crippen LogP contribution in [0.15, 0.2) is 47.8 Å². The number of amides is 1. The summed E-state index contributed by atoms with van der Waals surface area (Å²) in [6.45, 7) is 4.04. The van der Waals surface area contributed by atoms with Crippen molar-refractivity contribution in [3.63, 3.8) is 0 Å². The number of ether oxygens (including phenoxy) is 1. The van der Waals surface area contributed by atoms with Gasteiger partial charge in [-0.2, -0.15) is 0 Å². The van der Waals surface area contributed by atoms with Gasteiger partial charge in [-0.25, -0.2) is 9.37 Å². The van der Waals surface area contributed by atoms with Crippen molar-refractivity contribution in [3.05, 3.63) is 76.0 Å². The van der Waals surface area contributed by atoms with E-state index in [9.17, 15) is 14.0 Å². The van der Waals surface area contributed by atoms with Gasteiger partial charge in [-0.15, -0.1) is 11.3 Å². The van der Waals surface area contributed by atoms with Gasteiger partial charge in [0.1, 0.15) is 10.8 Å². The Morgan fingerprint density at radius 1 is 1.18 bits per heavy atom. The third kappa shape index (κ3) is 4.61. The maximum atomic E-state index is 13.1. The van der Waals surface area contributed by atoms with Crippen molar-refractivity contribution in [2.45, 2.75) is 26.4 Å². The van der Waals surface area contributed by atoms with Gasteiger partial charge in [-0.05, 0) is 31.5 Å². The van der Waals surface area contributed by atoms with Crippen LogP contribution in [0.5, 0.6) is 0 Å². The first-order valence-electron chi connectivity index (χ1n) is 8.60. The van der Waals surface area contributed by atoms with E-state index in [1.807, 2.05) is 26.0 Å². The second-order valence-electron chi connectivity index (χ2n) is 6.46. The number of primary amides is 1. The van der Waals surface area contributed by atoms with Crippen LogP contribution >= 0.6 is 11.3 Å². The first kappa shape index (κ1) is 19.7. The molecule has 3 rings (SSSR count). The molecule has 0 aliphatic heterocycles. The van der Waals surface area contributed by atoms with Crippen LogP contribution in [0.4, 0.5) is 4.39 Å². The van der Waals surface area contributed by atoms with E-state index in [0.717, 1.165) is 16.1 Å². The Balaban J connectivity index is 1.71. The molecule has 0 saturated carbocycles. The number of thiazole rings is 1. The van der Waals surface area contributed by atoms with E-state index in [0.29, 0.717) is 11.3 Å². The number of carbonyl (C=O) groups excluding carboxylic acids is 2. The highest BCUT2D eigenvalue weighted by Crippen LogP contribution is 2.28. The predicted octanol–water partition coefficient (Wildman–Crippen LogP) is 3.88. The van der Waals surface area contributed by atoms with Crippen molar-refractivity contribution in [3.8, 4) is 10.6 Å². The maximum absolute atomic E-state index is 13.1. The molecule has 1 aromatic heterocycles. The van der Waals surface area contributed by atoms with E-state index in [1.165, 1.54) is 41.2 Å². The molecule has 2 aromatic carbocycles. The lowest BCUT2D eigenvalue weighted by Crippen LogP contribution is -2.26. The van der Waals surface area contributed by atoms with Gasteiger partial charge in [-0.1, -0.05) is 35.9 Å². The first-order valence-corrected chi connectivity index (χ1v) is 9.47. The predicted molar refractivity (Wildman–Crippen MR) is 105 cm³/mol. The van der Waals surface area contributed by atoms with Crippen LogP contribution in [0.3, 0.4) is 0 Å². The highest BCUT2D eigenvalue weighted by atomic mass is 32.1. The van der Waals surface area contributed by atoms with E-state index < -0.39 is 23.8 Å². The van der Waals surface area contributed by atoms with Crippen LogP contribution in [-0.2, 0) is 20.7 Å². The van der Waals surface area contributed by atoms with Gasteiger partial charge >= 0.3 is 5.97 Å². The van der Waals surface area contributed by atoms with Crippen LogP contribution in [0.2, 0.25) is 0 Å². The molecule has 0 bridgehead atoms. The van der Waals surface area contributed by atoms with Crippen LogP contribution < -0.4 is 5.73 Å². The number of nitrogens with two attached hydrogens (primary N) is 1. The van der Waals surface area contributed by atoms with Crippen molar-refractivity contribution >= 4 is 23.2 Å². The number of nitrogens with zero attached hydrogens (tertiary/aromatic N) is 1. The minimum atomic E-state index is -1.27. The Labute approximate surface area is 166 Å². The summed E-state index contributed by atoms with van der Waals surface area (Å²) in [5.74, 6) is -1.92. The normalized spacial score (nSPS) is 11.8. The average Bonchev–Trinajstić information content (AvgIpc) is 3.08. The summed E-state index contributed by atoms with van der Waals surface area (Å²) in [5.41, 5.74) is 9.48. The van der Waals surface area contributed by atoms with Crippen molar-refractivity contribution in [2.24, 2.45) is 5.73 Å². The summed E-state index contributed by atoms with van der Waals surface area (Å²) >= 11 is 1.44. The highest BCUT2D eigenvalue weighted by Gasteiger charge is 2.23. The number of carbonyl (C=O) groups is 2. The lowest BCUT2D eigenvalue weighted by molar-refractivity contribution is -0.154. The second-order valence-corrected chi connectivity index (χ2v) is 7.32. The molecule has 144 valence electrons. The fraction of sp³-hybridized carbons (Fsp3) is 0.190. The maximum Gasteiger partial charge on any atom is 0.313 e. The molecule has 7 heteroatoms. The summed E-state index contributed by atoms with van der Waals surface area (Å²) in [6, 6.07) is 11.2. The van der Waals surface area contributed by atoms with Crippen LogP contribution in [0.25, 0.3) is 10.6 Å². The number of benzene rings is 2. The summed E-state index contributed by atoms with van der Waals surface area (Å²) in [4.78, 5) is 28.4. The second kappa shape index (κ2) is 8.31. The minimum absolute atomic E-state index is 0.0909. The highest BCUT2D eigenvalue weighted by molar-refractivity contribution is 7.13. The zero-order valence-corrected chi connectivity index (χ0v) is 16.3. The number of hydrogen-bond donors (Lipinski definition) is 1. The molecule has 0 aliphatic rings. The SMILES string of the molecule is Cc1ccc(-c2nc(CC(=O)O[C@H](C(N)=O)c3ccc(F)cc3)cs2)c(C)c1. The number of rotatable bonds is 6. The first-order chi connectivity index (χ1) is 13.3. The monoisotopic (exact) mass is 398 g/mol. The Hall–Kier alpha value is -3.06. The smallest absolute Gasteiger partial charge is 0.313 e. The average molecular weight is 398 g/mol. The summed E-state index contributed by atoms with van der Waals surface area (Å²) in [6.07, 6.45) is -1.36. The Morgan fingerprint density at radius 3 is 2.54 bits per heavy atom. The van der Waals surface area contributed by atoms with Gasteiger partial charge in [0.25, 0.3) is 5.91 Å². The van der Waals surface area contributed by atoms with Gasteiger partial charge in [0, 0.05) is 16.5 Å². The van der Waals surface area contributed by atoms with Crippen LogP contribution in [0, 0.1) is 19.7 Å². The summed E-state index contributed by atoms with van der Waals surface area (Å²) in [5, 5.41) is 2.60. The fourth-order valence-electron chi connectivity index (χ4n) is 2.81. The number of esters is 1. The van der Waals surface area contributed by atoms with E-state index in [2.05, 4.69) is 11.1 Å². The van der Waals surface area contributed by atoms with Crippen molar-refractivity contribution in [1.82, 2.24) is 4.98 Å². The van der Waals surface area contributed by atoms with Gasteiger partial charge in [-0.3, -0.25) is 9.59 Å². The van der Waals surface area contributed by atoms with Crippen molar-refractivity contribution in [1.29, 1.82) is 0 Å². The van der Waals surface area contributed by atoms with Gasteiger partial charge in [0.2, 0.25) is 6.10 Å². The molecule has 3 aromatic rings. The molecule has 2 N–H and O–H groups in total. The Morgan fingerprint density at radius 2 is 1.89 bits per heavy atom. The number of aryl methyl sites for hydroxylation is 2. The molecule has 0 radical (unpaired) electrons. The topological polar surface area (TPSA) is 82.3 Å². The van der Waals surface area contributed by atoms with Gasteiger partial charge < -0.3 is 10.5 Å². The molecule has 0 saturated heterocycles. The molecule has 0 spiro atoms. The van der Waals surface area contributed by atoms with Gasteiger partial charge in [0.05, 0.1) is 12.1 Å². The number of aromatic nitrogens is 1. The fourth-order valence-corrected chi connectivity index (χ4v) is 3.72. The molecule has 1 heterocycles. The molecular formula is C21H19FN2O3S. The summed E-state index contributed by atoms with van der Waals surface area (Å²) < 4.78 is 18.3. The van der Waals surface area contributed by atoms with E-state index >= 15 is 0 Å². The van der Waals surface area contributed by atoms with E-state index in [4.69, 9.17) is 10.5 Å².